The topological polar surface area (TPSA) is 74.7 Å². The van der Waals surface area contributed by atoms with Crippen molar-refractivity contribution in [2.45, 2.75) is 11.8 Å². The highest BCUT2D eigenvalue weighted by Gasteiger charge is 2.41. The minimum atomic E-state index is -3.91. The summed E-state index contributed by atoms with van der Waals surface area (Å²) in [6.45, 7) is 1.71. The Morgan fingerprint density at radius 1 is 1.45 bits per heavy atom. The number of aliphatic carboxylic acids is 1. The van der Waals surface area contributed by atoms with E-state index in [1.807, 2.05) is 0 Å². The van der Waals surface area contributed by atoms with Crippen molar-refractivity contribution in [3.8, 4) is 0 Å². The summed E-state index contributed by atoms with van der Waals surface area (Å²) in [5.41, 5.74) is 0. The van der Waals surface area contributed by atoms with Gasteiger partial charge in [-0.25, -0.2) is 12.8 Å². The molecule has 0 amide bonds. The summed E-state index contributed by atoms with van der Waals surface area (Å²) >= 11 is 3.08. The second-order valence-electron chi connectivity index (χ2n) is 4.82. The van der Waals surface area contributed by atoms with Gasteiger partial charge in [-0.2, -0.15) is 4.31 Å². The number of sulfonamides is 1. The van der Waals surface area contributed by atoms with Crippen molar-refractivity contribution in [1.29, 1.82) is 0 Å². The zero-order chi connectivity index (χ0) is 15.1. The molecule has 1 aromatic rings. The van der Waals surface area contributed by atoms with Crippen molar-refractivity contribution in [3.63, 3.8) is 0 Å². The summed E-state index contributed by atoms with van der Waals surface area (Å²) in [4.78, 5) is 10.9. The molecule has 0 saturated carbocycles. The van der Waals surface area contributed by atoms with Crippen LogP contribution in [0, 0.1) is 17.7 Å². The molecule has 2 rings (SSSR count). The van der Waals surface area contributed by atoms with E-state index >= 15 is 0 Å². The van der Waals surface area contributed by atoms with E-state index in [1.54, 1.807) is 6.92 Å². The zero-order valence-electron chi connectivity index (χ0n) is 10.6. The summed E-state index contributed by atoms with van der Waals surface area (Å²) in [6, 6.07) is 3.39. The van der Waals surface area contributed by atoms with Gasteiger partial charge in [-0.3, -0.25) is 4.79 Å². The minimum Gasteiger partial charge on any atom is -0.481 e. The second kappa shape index (κ2) is 5.42. The van der Waals surface area contributed by atoms with Gasteiger partial charge in [0, 0.05) is 17.6 Å². The molecule has 1 heterocycles. The van der Waals surface area contributed by atoms with Crippen molar-refractivity contribution in [1.82, 2.24) is 4.31 Å². The fraction of sp³-hybridized carbons (Fsp3) is 0.417. The van der Waals surface area contributed by atoms with Crippen molar-refractivity contribution >= 4 is 31.9 Å². The third-order valence-electron chi connectivity index (χ3n) is 3.41. The summed E-state index contributed by atoms with van der Waals surface area (Å²) in [6.07, 6.45) is 0. The molecule has 0 radical (unpaired) electrons. The van der Waals surface area contributed by atoms with Crippen LogP contribution in [0.2, 0.25) is 0 Å². The Balaban J connectivity index is 2.37. The first kappa shape index (κ1) is 15.4. The number of hydrogen-bond donors (Lipinski definition) is 1. The van der Waals surface area contributed by atoms with E-state index in [9.17, 15) is 17.6 Å². The molecule has 0 unspecified atom stereocenters. The lowest BCUT2D eigenvalue weighted by atomic mass is 9.99. The van der Waals surface area contributed by atoms with Crippen molar-refractivity contribution < 1.29 is 22.7 Å². The Morgan fingerprint density at radius 2 is 2.10 bits per heavy atom. The lowest BCUT2D eigenvalue weighted by molar-refractivity contribution is -0.142. The fourth-order valence-electron chi connectivity index (χ4n) is 2.25. The predicted molar refractivity (Wildman–Crippen MR) is 73.1 cm³/mol. The van der Waals surface area contributed by atoms with E-state index in [1.165, 1.54) is 6.07 Å². The fourth-order valence-corrected chi connectivity index (χ4v) is 4.76. The second-order valence-corrected chi connectivity index (χ2v) is 7.58. The molecule has 1 saturated heterocycles. The van der Waals surface area contributed by atoms with Crippen LogP contribution < -0.4 is 0 Å². The molecule has 0 bridgehead atoms. The van der Waals surface area contributed by atoms with E-state index < -0.39 is 27.7 Å². The smallest absolute Gasteiger partial charge is 0.308 e. The van der Waals surface area contributed by atoms with Crippen LogP contribution in [0.4, 0.5) is 4.39 Å². The normalized spacial score (nSPS) is 23.9. The van der Waals surface area contributed by atoms with Gasteiger partial charge in [0.1, 0.15) is 5.82 Å². The number of halogens is 2. The maximum absolute atomic E-state index is 13.2. The largest absolute Gasteiger partial charge is 0.481 e. The molecule has 110 valence electrons. The number of carboxylic acid groups (broad SMARTS) is 1. The Morgan fingerprint density at radius 3 is 2.65 bits per heavy atom. The lowest BCUT2D eigenvalue weighted by Crippen LogP contribution is -2.30. The highest BCUT2D eigenvalue weighted by molar-refractivity contribution is 9.10. The van der Waals surface area contributed by atoms with Crippen LogP contribution in [0.3, 0.4) is 0 Å². The number of carbonyl (C=O) groups is 1. The van der Waals surface area contributed by atoms with Crippen molar-refractivity contribution in [3.05, 3.63) is 28.5 Å². The Hall–Kier alpha value is -0.990. The van der Waals surface area contributed by atoms with Gasteiger partial charge >= 0.3 is 5.97 Å². The predicted octanol–water partition coefficient (Wildman–Crippen LogP) is 1.93. The third kappa shape index (κ3) is 2.72. The Kier molecular flexibility index (Phi) is 4.17. The van der Waals surface area contributed by atoms with Crippen LogP contribution in [0.15, 0.2) is 27.6 Å². The first-order valence-electron chi connectivity index (χ1n) is 5.91. The van der Waals surface area contributed by atoms with E-state index in [2.05, 4.69) is 15.9 Å². The molecule has 1 aromatic carbocycles. The van der Waals surface area contributed by atoms with Gasteiger partial charge in [0.15, 0.2) is 0 Å². The summed E-state index contributed by atoms with van der Waals surface area (Å²) in [5.74, 6) is -2.70. The van der Waals surface area contributed by atoms with Crippen molar-refractivity contribution in [2.75, 3.05) is 13.1 Å². The molecular weight excluding hydrogens is 353 g/mol. The molecule has 1 aliphatic heterocycles. The molecule has 8 heteroatoms. The van der Waals surface area contributed by atoms with Gasteiger partial charge in [0.25, 0.3) is 0 Å². The number of nitrogens with zero attached hydrogens (tertiary/aromatic N) is 1. The van der Waals surface area contributed by atoms with Crippen LogP contribution in [-0.4, -0.2) is 36.9 Å². The zero-order valence-corrected chi connectivity index (χ0v) is 13.0. The highest BCUT2D eigenvalue weighted by atomic mass is 79.9. The quantitative estimate of drug-likeness (QED) is 0.887. The van der Waals surface area contributed by atoms with E-state index in [0.29, 0.717) is 0 Å². The van der Waals surface area contributed by atoms with Gasteiger partial charge in [0.05, 0.1) is 10.8 Å². The molecule has 2 atom stereocenters. The SMILES string of the molecule is C[C@@H]1CN(S(=O)(=O)c2cc(F)ccc2Br)C[C@H]1C(=O)O. The monoisotopic (exact) mass is 365 g/mol. The molecule has 5 nitrogen and oxygen atoms in total. The standard InChI is InChI=1S/C12H13BrFNO4S/c1-7-5-15(6-9(7)12(16)17)20(18,19)11-4-8(14)2-3-10(11)13/h2-4,7,9H,5-6H2,1H3,(H,16,17)/t7-,9-/m1/s1. The number of rotatable bonds is 3. The number of hydrogen-bond acceptors (Lipinski definition) is 3. The Labute approximate surface area is 124 Å². The van der Waals surface area contributed by atoms with Crippen LogP contribution in [0.5, 0.6) is 0 Å². The van der Waals surface area contributed by atoms with E-state index in [0.717, 1.165) is 16.4 Å². The molecule has 1 aliphatic rings. The molecule has 1 fully saturated rings. The van der Waals surface area contributed by atoms with Gasteiger partial charge < -0.3 is 5.11 Å². The van der Waals surface area contributed by atoms with Crippen molar-refractivity contribution in [2.24, 2.45) is 11.8 Å². The summed E-state index contributed by atoms with van der Waals surface area (Å²) < 4.78 is 39.5. The van der Waals surface area contributed by atoms with Gasteiger partial charge in [0.2, 0.25) is 10.0 Å². The maximum Gasteiger partial charge on any atom is 0.308 e. The van der Waals surface area contributed by atoms with Gasteiger partial charge in [-0.15, -0.1) is 0 Å². The first-order valence-corrected chi connectivity index (χ1v) is 8.15. The molecule has 0 aromatic heterocycles. The number of benzene rings is 1. The van der Waals surface area contributed by atoms with Gasteiger partial charge in [-0.05, 0) is 40.0 Å². The summed E-state index contributed by atoms with van der Waals surface area (Å²) in [5, 5.41) is 9.05. The van der Waals surface area contributed by atoms with E-state index in [4.69, 9.17) is 5.11 Å². The summed E-state index contributed by atoms with van der Waals surface area (Å²) in [7, 11) is -3.91. The highest BCUT2D eigenvalue weighted by Crippen LogP contribution is 2.32. The number of carboxylic acids is 1. The van der Waals surface area contributed by atoms with E-state index in [-0.39, 0.29) is 28.4 Å². The average molecular weight is 366 g/mol. The Bertz CT molecular complexity index is 649. The van der Waals surface area contributed by atoms with Gasteiger partial charge in [-0.1, -0.05) is 6.92 Å². The van der Waals surface area contributed by atoms with Crippen LogP contribution in [0.1, 0.15) is 6.92 Å². The molecule has 1 N–H and O–H groups in total. The molecule has 0 aliphatic carbocycles. The minimum absolute atomic E-state index is 0.0954. The third-order valence-corrected chi connectivity index (χ3v) is 6.23. The maximum atomic E-state index is 13.2. The lowest BCUT2D eigenvalue weighted by Gasteiger charge is -2.17. The van der Waals surface area contributed by atoms with Crippen LogP contribution in [0.25, 0.3) is 0 Å². The van der Waals surface area contributed by atoms with Crippen LogP contribution in [-0.2, 0) is 14.8 Å². The molecule has 0 spiro atoms. The molecule has 20 heavy (non-hydrogen) atoms. The average Bonchev–Trinajstić information content (AvgIpc) is 2.75. The molecular formula is C12H13BrFNO4S. The first-order chi connectivity index (χ1) is 9.23. The van der Waals surface area contributed by atoms with Crippen LogP contribution >= 0.6 is 15.9 Å².